The summed E-state index contributed by atoms with van der Waals surface area (Å²) in [6.45, 7) is 3.87. The highest BCUT2D eigenvalue weighted by atomic mass is 35.5. The second-order valence-electron chi connectivity index (χ2n) is 7.35. The Kier molecular flexibility index (Phi) is 4.03. The van der Waals surface area contributed by atoms with Crippen LogP contribution in [0.25, 0.3) is 44.2 Å². The van der Waals surface area contributed by atoms with Gasteiger partial charge in [-0.15, -0.1) is 0 Å². The number of furan rings is 1. The molecule has 0 atom stereocenters. The minimum atomic E-state index is -0.554. The highest BCUT2D eigenvalue weighted by Crippen LogP contribution is 2.42. The van der Waals surface area contributed by atoms with Gasteiger partial charge in [-0.1, -0.05) is 29.3 Å². The molecule has 0 aliphatic carbocycles. The number of H-pyrrole nitrogens is 2. The predicted molar refractivity (Wildman–Crippen MR) is 118 cm³/mol. The highest BCUT2D eigenvalue weighted by Gasteiger charge is 2.25. The van der Waals surface area contributed by atoms with Gasteiger partial charge in [-0.3, -0.25) is 19.4 Å². The summed E-state index contributed by atoms with van der Waals surface area (Å²) < 4.78 is 7.65. The van der Waals surface area contributed by atoms with E-state index in [1.165, 1.54) is 6.07 Å². The molecule has 0 saturated heterocycles. The lowest BCUT2D eigenvalue weighted by atomic mass is 10.0. The molecule has 7 nitrogen and oxygen atoms in total. The van der Waals surface area contributed by atoms with Gasteiger partial charge in [0.05, 0.1) is 15.9 Å². The maximum absolute atomic E-state index is 12.9. The predicted octanol–water partition coefficient (Wildman–Crippen LogP) is 5.18. The van der Waals surface area contributed by atoms with Crippen molar-refractivity contribution in [1.29, 1.82) is 0 Å². The van der Waals surface area contributed by atoms with Gasteiger partial charge in [0.15, 0.2) is 11.2 Å². The molecular formula is C21H15Cl2N3O4. The molecule has 9 heteroatoms. The van der Waals surface area contributed by atoms with E-state index in [1.807, 2.05) is 13.8 Å². The second-order valence-corrected chi connectivity index (χ2v) is 8.19. The maximum atomic E-state index is 12.9. The molecule has 0 amide bonds. The van der Waals surface area contributed by atoms with Crippen LogP contribution in [0.1, 0.15) is 19.9 Å². The topological polar surface area (TPSA) is 104 Å². The summed E-state index contributed by atoms with van der Waals surface area (Å²) in [6.07, 6.45) is 0. The molecule has 5 aromatic rings. The summed E-state index contributed by atoms with van der Waals surface area (Å²) in [5, 5.41) is 14.8. The summed E-state index contributed by atoms with van der Waals surface area (Å²) in [7, 11) is 0. The summed E-state index contributed by atoms with van der Waals surface area (Å²) >= 11 is 12.6. The van der Waals surface area contributed by atoms with Crippen molar-refractivity contribution in [1.82, 2.24) is 14.8 Å². The number of nitrogens with zero attached hydrogens (tertiary/aromatic N) is 1. The molecule has 0 bridgehead atoms. The van der Waals surface area contributed by atoms with Crippen molar-refractivity contribution in [2.75, 3.05) is 0 Å². The Morgan fingerprint density at radius 1 is 1.10 bits per heavy atom. The van der Waals surface area contributed by atoms with Crippen LogP contribution < -0.4 is 11.0 Å². The van der Waals surface area contributed by atoms with Crippen molar-refractivity contribution in [3.05, 3.63) is 61.0 Å². The van der Waals surface area contributed by atoms with E-state index in [2.05, 4.69) is 10.1 Å². The molecule has 0 spiro atoms. The van der Waals surface area contributed by atoms with Crippen LogP contribution in [0, 0.1) is 0 Å². The molecule has 5 rings (SSSR count). The summed E-state index contributed by atoms with van der Waals surface area (Å²) in [5.41, 5.74) is 1.52. The molecular weight excluding hydrogens is 429 g/mol. The average Bonchev–Trinajstić information content (AvgIpc) is 3.22. The minimum Gasteiger partial charge on any atom is -0.502 e. The largest absolute Gasteiger partial charge is 0.502 e. The lowest BCUT2D eigenvalue weighted by Crippen LogP contribution is -2.07. The average molecular weight is 444 g/mol. The minimum absolute atomic E-state index is 0.0419. The Morgan fingerprint density at radius 2 is 1.87 bits per heavy atom. The van der Waals surface area contributed by atoms with Gasteiger partial charge in [0, 0.05) is 27.6 Å². The van der Waals surface area contributed by atoms with Crippen molar-refractivity contribution < 1.29 is 9.52 Å². The zero-order valence-corrected chi connectivity index (χ0v) is 17.4. The van der Waals surface area contributed by atoms with Crippen LogP contribution in [-0.2, 0) is 0 Å². The molecule has 0 aliphatic rings. The molecule has 0 fully saturated rings. The summed E-state index contributed by atoms with van der Waals surface area (Å²) in [5.74, 6) is -0.490. The molecule has 3 N–H and O–H groups in total. The van der Waals surface area contributed by atoms with Gasteiger partial charge in [0.2, 0.25) is 11.2 Å². The Bertz CT molecular complexity index is 1600. The number of aromatic hydroxyl groups is 1. The second kappa shape index (κ2) is 6.42. The maximum Gasteiger partial charge on any atom is 0.274 e. The van der Waals surface area contributed by atoms with Crippen LogP contribution >= 0.6 is 23.2 Å². The van der Waals surface area contributed by atoms with Crippen LogP contribution in [0.5, 0.6) is 5.75 Å². The summed E-state index contributed by atoms with van der Waals surface area (Å²) in [4.78, 5) is 28.1. The van der Waals surface area contributed by atoms with Crippen LogP contribution in [0.15, 0.2) is 44.3 Å². The molecule has 3 aromatic heterocycles. The quantitative estimate of drug-likeness (QED) is 0.349. The molecule has 0 unspecified atom stereocenters. The molecule has 0 radical (unpaired) electrons. The summed E-state index contributed by atoms with van der Waals surface area (Å²) in [6, 6.07) is 7.75. The third-order valence-electron chi connectivity index (χ3n) is 5.16. The number of nitrogens with one attached hydrogen (secondary N) is 2. The first kappa shape index (κ1) is 18.8. The van der Waals surface area contributed by atoms with Crippen LogP contribution in [0.2, 0.25) is 10.0 Å². The van der Waals surface area contributed by atoms with Crippen LogP contribution in [0.3, 0.4) is 0 Å². The number of fused-ring (bicyclic) bond motifs is 4. The van der Waals surface area contributed by atoms with E-state index in [0.29, 0.717) is 48.7 Å². The van der Waals surface area contributed by atoms with E-state index in [4.69, 9.17) is 27.6 Å². The van der Waals surface area contributed by atoms with Gasteiger partial charge in [0.25, 0.3) is 5.56 Å². The molecule has 0 aliphatic heterocycles. The number of phenolic OH excluding ortho intramolecular Hbond substituents is 1. The Balaban J connectivity index is 2.09. The van der Waals surface area contributed by atoms with Crippen molar-refractivity contribution in [2.24, 2.45) is 0 Å². The highest BCUT2D eigenvalue weighted by molar-refractivity contribution is 6.37. The lowest BCUT2D eigenvalue weighted by molar-refractivity contribution is 0.464. The molecule has 30 heavy (non-hydrogen) atoms. The standard InChI is InChI=1S/C21H15Cl2N3O4/c1-8(2)26-20-15(21(29)25-26)14(10-4-3-9(22)7-12(10)23)19-16(24-20)11-5-6-13(27)17(28)18(11)30-19/h3-8,24,28H,1-2H3,(H,25,29). The van der Waals surface area contributed by atoms with Gasteiger partial charge in [-0.05, 0) is 38.1 Å². The SMILES string of the molecule is CC(C)n1[nH]c(=O)c2c(-c3ccc(Cl)cc3Cl)c3oc4c(O)c(=O)ccc4c3[nH]c21. The Morgan fingerprint density at radius 3 is 2.57 bits per heavy atom. The van der Waals surface area contributed by atoms with E-state index in [1.54, 1.807) is 28.9 Å². The number of benzene rings is 2. The van der Waals surface area contributed by atoms with Crippen molar-refractivity contribution in [3.8, 4) is 16.9 Å². The van der Waals surface area contributed by atoms with Gasteiger partial charge in [-0.2, -0.15) is 0 Å². The Labute approximate surface area is 178 Å². The van der Waals surface area contributed by atoms with E-state index in [-0.39, 0.29) is 17.2 Å². The zero-order valence-electron chi connectivity index (χ0n) is 15.8. The van der Waals surface area contributed by atoms with Gasteiger partial charge >= 0.3 is 0 Å². The first-order valence-corrected chi connectivity index (χ1v) is 9.93. The zero-order chi connectivity index (χ0) is 21.3. The van der Waals surface area contributed by atoms with E-state index >= 15 is 0 Å². The van der Waals surface area contributed by atoms with E-state index in [0.717, 1.165) is 0 Å². The normalized spacial score (nSPS) is 12.0. The van der Waals surface area contributed by atoms with Gasteiger partial charge in [-0.25, -0.2) is 0 Å². The number of aromatic nitrogens is 3. The Hall–Kier alpha value is -3.16. The number of hydrogen-bond acceptors (Lipinski definition) is 4. The number of rotatable bonds is 2. The van der Waals surface area contributed by atoms with Gasteiger partial charge < -0.3 is 14.5 Å². The number of aromatic amines is 2. The van der Waals surface area contributed by atoms with E-state index < -0.39 is 11.2 Å². The number of pyridine rings is 1. The molecule has 152 valence electrons. The van der Waals surface area contributed by atoms with Crippen LogP contribution in [-0.4, -0.2) is 19.9 Å². The lowest BCUT2D eigenvalue weighted by Gasteiger charge is -2.11. The third-order valence-corrected chi connectivity index (χ3v) is 5.71. The number of halogens is 2. The monoisotopic (exact) mass is 443 g/mol. The number of phenols is 1. The van der Waals surface area contributed by atoms with E-state index in [9.17, 15) is 14.7 Å². The van der Waals surface area contributed by atoms with Gasteiger partial charge in [0.1, 0.15) is 5.65 Å². The van der Waals surface area contributed by atoms with Crippen LogP contribution in [0.4, 0.5) is 0 Å². The molecule has 3 heterocycles. The van der Waals surface area contributed by atoms with Crippen molar-refractivity contribution >= 4 is 56.3 Å². The first-order chi connectivity index (χ1) is 14.3. The molecule has 0 saturated carbocycles. The fourth-order valence-corrected chi connectivity index (χ4v) is 4.30. The van der Waals surface area contributed by atoms with Crippen molar-refractivity contribution in [3.63, 3.8) is 0 Å². The fraction of sp³-hybridized carbons (Fsp3) is 0.143. The molecule has 2 aromatic carbocycles. The fourth-order valence-electron chi connectivity index (χ4n) is 3.80. The van der Waals surface area contributed by atoms with Crippen molar-refractivity contribution in [2.45, 2.75) is 19.9 Å². The number of hydrogen-bond donors (Lipinski definition) is 3. The first-order valence-electron chi connectivity index (χ1n) is 9.18. The smallest absolute Gasteiger partial charge is 0.274 e. The third kappa shape index (κ3) is 2.52.